The number of nitrogens with one attached hydrogen (secondary N) is 1. The van der Waals surface area contributed by atoms with Crippen molar-refractivity contribution in [1.29, 1.82) is 0 Å². The zero-order chi connectivity index (χ0) is 26.6. The van der Waals surface area contributed by atoms with E-state index in [9.17, 15) is 18.0 Å². The van der Waals surface area contributed by atoms with Gasteiger partial charge in [0.15, 0.2) is 11.0 Å². The van der Waals surface area contributed by atoms with Gasteiger partial charge < -0.3 is 10.1 Å². The van der Waals surface area contributed by atoms with Crippen LogP contribution >= 0.6 is 23.4 Å². The van der Waals surface area contributed by atoms with Gasteiger partial charge >= 0.3 is 6.18 Å². The summed E-state index contributed by atoms with van der Waals surface area (Å²) in [6, 6.07) is 18.3. The van der Waals surface area contributed by atoms with Crippen LogP contribution in [0.25, 0.3) is 5.69 Å². The molecule has 4 aromatic rings. The number of carbonyl (C=O) groups excluding carboxylic acids is 1. The van der Waals surface area contributed by atoms with Crippen LogP contribution in [0.5, 0.6) is 5.75 Å². The third-order valence-corrected chi connectivity index (χ3v) is 6.67. The fraction of sp³-hybridized carbons (Fsp3) is 0.192. The number of amides is 1. The molecule has 0 bridgehead atoms. The number of aromatic nitrogens is 3. The van der Waals surface area contributed by atoms with E-state index in [4.69, 9.17) is 16.3 Å². The monoisotopic (exact) mass is 546 g/mol. The number of halogens is 4. The third-order valence-electron chi connectivity index (χ3n) is 5.43. The molecule has 1 amide bonds. The molecule has 1 N–H and O–H groups in total. The smallest absolute Gasteiger partial charge is 0.416 e. The maximum Gasteiger partial charge on any atom is 0.416 e. The summed E-state index contributed by atoms with van der Waals surface area (Å²) < 4.78 is 46.2. The van der Waals surface area contributed by atoms with Gasteiger partial charge in [-0.15, -0.1) is 10.2 Å². The molecule has 0 radical (unpaired) electrons. The van der Waals surface area contributed by atoms with Crippen molar-refractivity contribution in [2.24, 2.45) is 0 Å². The molecule has 0 saturated heterocycles. The molecule has 37 heavy (non-hydrogen) atoms. The van der Waals surface area contributed by atoms with E-state index >= 15 is 0 Å². The van der Waals surface area contributed by atoms with Gasteiger partial charge in [0.1, 0.15) is 5.75 Å². The number of carbonyl (C=O) groups is 1. The lowest BCUT2D eigenvalue weighted by Crippen LogP contribution is -2.28. The molecule has 4 rings (SSSR count). The van der Waals surface area contributed by atoms with Crippen LogP contribution in [0.15, 0.2) is 78.0 Å². The highest BCUT2D eigenvalue weighted by atomic mass is 35.5. The largest absolute Gasteiger partial charge is 0.497 e. The molecule has 1 atom stereocenters. The molecule has 0 spiro atoms. The van der Waals surface area contributed by atoms with Crippen molar-refractivity contribution in [2.75, 3.05) is 7.11 Å². The van der Waals surface area contributed by atoms with Crippen LogP contribution in [0.4, 0.5) is 13.2 Å². The summed E-state index contributed by atoms with van der Waals surface area (Å²) in [5, 5.41) is 12.4. The van der Waals surface area contributed by atoms with Crippen molar-refractivity contribution < 1.29 is 22.7 Å². The molecule has 0 aliphatic carbocycles. The lowest BCUT2D eigenvalue weighted by atomic mass is 10.1. The zero-order valence-corrected chi connectivity index (χ0v) is 21.4. The molecule has 1 aromatic heterocycles. The molecule has 0 fully saturated rings. The van der Waals surface area contributed by atoms with Crippen molar-refractivity contribution in [1.82, 2.24) is 20.1 Å². The maximum atomic E-state index is 13.1. The Morgan fingerprint density at radius 2 is 1.81 bits per heavy atom. The first-order valence-corrected chi connectivity index (χ1v) is 12.5. The molecular weight excluding hydrogens is 525 g/mol. The Kier molecular flexibility index (Phi) is 8.09. The van der Waals surface area contributed by atoms with Gasteiger partial charge in [-0.1, -0.05) is 47.6 Å². The lowest BCUT2D eigenvalue weighted by molar-refractivity contribution is -0.137. The van der Waals surface area contributed by atoms with Crippen LogP contribution < -0.4 is 10.1 Å². The molecule has 0 aliphatic rings. The summed E-state index contributed by atoms with van der Waals surface area (Å²) in [4.78, 5) is 12.8. The number of benzene rings is 3. The van der Waals surface area contributed by atoms with Gasteiger partial charge in [-0.25, -0.2) is 0 Å². The van der Waals surface area contributed by atoms with Crippen LogP contribution in [0, 0.1) is 0 Å². The first-order valence-electron chi connectivity index (χ1n) is 11.1. The SMILES string of the molecule is COc1ccc(C(=O)N[C@@H](C)c2nnc(SCc3cccc(C(F)(F)F)c3)n2-c2cccc(Cl)c2)cc1. The van der Waals surface area contributed by atoms with Gasteiger partial charge in [0.25, 0.3) is 5.91 Å². The van der Waals surface area contributed by atoms with Crippen molar-refractivity contribution >= 4 is 29.3 Å². The number of nitrogens with zero attached hydrogens (tertiary/aromatic N) is 3. The van der Waals surface area contributed by atoms with Crippen LogP contribution in [-0.4, -0.2) is 27.8 Å². The lowest BCUT2D eigenvalue weighted by Gasteiger charge is -2.17. The number of rotatable bonds is 8. The summed E-state index contributed by atoms with van der Waals surface area (Å²) in [7, 11) is 1.54. The predicted octanol–water partition coefficient (Wildman–Crippen LogP) is 6.73. The molecule has 0 saturated carbocycles. The zero-order valence-electron chi connectivity index (χ0n) is 19.8. The molecule has 0 unspecified atom stereocenters. The quantitative estimate of drug-likeness (QED) is 0.248. The van der Waals surface area contributed by atoms with E-state index in [1.54, 1.807) is 67.1 Å². The van der Waals surface area contributed by atoms with Crippen LogP contribution in [0.2, 0.25) is 5.02 Å². The second-order valence-corrected chi connectivity index (χ2v) is 9.45. The minimum atomic E-state index is -4.42. The maximum absolute atomic E-state index is 13.1. The molecular formula is C26H22ClF3N4O2S. The van der Waals surface area contributed by atoms with Crippen molar-refractivity contribution in [3.05, 3.63) is 100 Å². The molecule has 192 valence electrons. The van der Waals surface area contributed by atoms with Gasteiger partial charge in [-0.3, -0.25) is 9.36 Å². The minimum Gasteiger partial charge on any atom is -0.497 e. The number of alkyl halides is 3. The number of hydrogen-bond acceptors (Lipinski definition) is 5. The number of ether oxygens (including phenoxy) is 1. The Bertz CT molecular complexity index is 1390. The van der Waals surface area contributed by atoms with Crippen LogP contribution in [0.3, 0.4) is 0 Å². The highest BCUT2D eigenvalue weighted by molar-refractivity contribution is 7.98. The van der Waals surface area contributed by atoms with E-state index in [1.807, 2.05) is 6.07 Å². The van der Waals surface area contributed by atoms with E-state index in [1.165, 1.54) is 17.8 Å². The fourth-order valence-corrected chi connectivity index (χ4v) is 4.67. The summed E-state index contributed by atoms with van der Waals surface area (Å²) in [5.41, 5.74) is 0.880. The van der Waals surface area contributed by atoms with E-state index in [0.717, 1.165) is 12.1 Å². The van der Waals surface area contributed by atoms with E-state index in [2.05, 4.69) is 15.5 Å². The fourth-order valence-electron chi connectivity index (χ4n) is 3.59. The summed E-state index contributed by atoms with van der Waals surface area (Å²) in [6.45, 7) is 1.77. The van der Waals surface area contributed by atoms with Gasteiger partial charge in [0.05, 0.1) is 24.4 Å². The predicted molar refractivity (Wildman–Crippen MR) is 136 cm³/mol. The van der Waals surface area contributed by atoms with Crippen molar-refractivity contribution in [2.45, 2.75) is 30.1 Å². The van der Waals surface area contributed by atoms with Gasteiger partial charge in [0, 0.05) is 16.3 Å². The number of methoxy groups -OCH3 is 1. The standard InChI is InChI=1S/C26H22ClF3N4O2S/c1-16(31-24(35)18-9-11-22(36-2)12-10-18)23-32-33-25(34(23)21-8-4-7-20(27)14-21)37-15-17-5-3-6-19(13-17)26(28,29)30/h3-14,16H,15H2,1-2H3,(H,31,35)/t16-/m0/s1. The normalized spacial score (nSPS) is 12.3. The van der Waals surface area contributed by atoms with Gasteiger partial charge in [-0.2, -0.15) is 13.2 Å². The average molecular weight is 547 g/mol. The molecule has 6 nitrogen and oxygen atoms in total. The first kappa shape index (κ1) is 26.6. The second-order valence-electron chi connectivity index (χ2n) is 8.07. The van der Waals surface area contributed by atoms with E-state index in [-0.39, 0.29) is 11.7 Å². The Hall–Kier alpha value is -3.50. The Balaban J connectivity index is 1.60. The number of thioether (sulfide) groups is 1. The molecule has 1 heterocycles. The minimum absolute atomic E-state index is 0.231. The molecule has 0 aliphatic heterocycles. The van der Waals surface area contributed by atoms with Gasteiger partial charge in [0.2, 0.25) is 0 Å². The summed E-state index contributed by atoms with van der Waals surface area (Å²) >= 11 is 7.45. The summed E-state index contributed by atoms with van der Waals surface area (Å²) in [5.74, 6) is 0.993. The van der Waals surface area contributed by atoms with Crippen molar-refractivity contribution in [3.63, 3.8) is 0 Å². The highest BCUT2D eigenvalue weighted by Gasteiger charge is 2.30. The Morgan fingerprint density at radius 1 is 1.08 bits per heavy atom. The second kappa shape index (κ2) is 11.3. The van der Waals surface area contributed by atoms with E-state index < -0.39 is 17.8 Å². The van der Waals surface area contributed by atoms with Crippen LogP contribution in [0.1, 0.15) is 40.3 Å². The average Bonchev–Trinajstić information content (AvgIpc) is 3.31. The van der Waals surface area contributed by atoms with E-state index in [0.29, 0.717) is 38.6 Å². The number of hydrogen-bond donors (Lipinski definition) is 1. The third kappa shape index (κ3) is 6.44. The van der Waals surface area contributed by atoms with Gasteiger partial charge in [-0.05, 0) is 61.0 Å². The topological polar surface area (TPSA) is 69.0 Å². The first-order chi connectivity index (χ1) is 17.7. The highest BCUT2D eigenvalue weighted by Crippen LogP contribution is 2.32. The Labute approximate surface area is 220 Å². The van der Waals surface area contributed by atoms with Crippen LogP contribution in [-0.2, 0) is 11.9 Å². The molecule has 11 heteroatoms. The van der Waals surface area contributed by atoms with Crippen molar-refractivity contribution in [3.8, 4) is 11.4 Å². The Morgan fingerprint density at radius 3 is 2.49 bits per heavy atom. The molecule has 3 aromatic carbocycles. The summed E-state index contributed by atoms with van der Waals surface area (Å²) in [6.07, 6.45) is -4.42.